The van der Waals surface area contributed by atoms with Gasteiger partial charge in [0.25, 0.3) is 0 Å². The van der Waals surface area contributed by atoms with Crippen LogP contribution in [-0.4, -0.2) is 11.5 Å². The third kappa shape index (κ3) is 2.84. The van der Waals surface area contributed by atoms with Crippen molar-refractivity contribution >= 4 is 17.0 Å². The molecule has 0 aliphatic rings. The summed E-state index contributed by atoms with van der Waals surface area (Å²) in [5.41, 5.74) is 7.88. The monoisotopic (exact) mass is 247 g/mol. The maximum atomic E-state index is 6.02. The maximum Gasteiger partial charge on any atom is 0.0706 e. The summed E-state index contributed by atoms with van der Waals surface area (Å²) < 4.78 is 0. The number of pyridine rings is 1. The molecule has 0 radical (unpaired) electrons. The van der Waals surface area contributed by atoms with Gasteiger partial charge in [-0.05, 0) is 30.5 Å². The van der Waals surface area contributed by atoms with Gasteiger partial charge in [0.1, 0.15) is 0 Å². The summed E-state index contributed by atoms with van der Waals surface area (Å²) in [6.45, 7) is 3.13. The van der Waals surface area contributed by atoms with E-state index in [9.17, 15) is 0 Å². The van der Waals surface area contributed by atoms with Gasteiger partial charge in [-0.2, -0.15) is 0 Å². The second-order valence-corrected chi connectivity index (χ2v) is 4.89. The summed E-state index contributed by atoms with van der Waals surface area (Å²) in [5, 5.41) is 5.61. The molecule has 3 nitrogen and oxygen atoms in total. The molecule has 0 saturated heterocycles. The van der Waals surface area contributed by atoms with Gasteiger partial charge in [-0.25, -0.2) is 0 Å². The van der Waals surface area contributed by atoms with Crippen molar-refractivity contribution in [2.45, 2.75) is 19.4 Å². The Hall–Kier alpha value is -1.39. The largest absolute Gasteiger partial charge is 0.398 e. The Kier molecular flexibility index (Phi) is 4.12. The van der Waals surface area contributed by atoms with Crippen molar-refractivity contribution in [3.8, 4) is 0 Å². The molecule has 2 aromatic heterocycles. The summed E-state index contributed by atoms with van der Waals surface area (Å²) >= 11 is 1.74. The van der Waals surface area contributed by atoms with Crippen LogP contribution in [0.5, 0.6) is 0 Å². The molecule has 0 aliphatic carbocycles. The van der Waals surface area contributed by atoms with E-state index in [1.54, 1.807) is 17.5 Å². The van der Waals surface area contributed by atoms with Crippen molar-refractivity contribution in [2.24, 2.45) is 0 Å². The molecule has 4 heteroatoms. The average Bonchev–Trinajstić information content (AvgIpc) is 2.85. The molecular weight excluding hydrogens is 230 g/mol. The molecular formula is C13H17N3S. The fraction of sp³-hybridized carbons (Fsp3) is 0.308. The Bertz CT molecular complexity index is 453. The van der Waals surface area contributed by atoms with Gasteiger partial charge in [0.05, 0.1) is 6.04 Å². The summed E-state index contributed by atoms with van der Waals surface area (Å²) in [4.78, 5) is 5.45. The fourth-order valence-corrected chi connectivity index (χ4v) is 2.58. The zero-order chi connectivity index (χ0) is 12.1. The van der Waals surface area contributed by atoms with E-state index in [1.165, 1.54) is 4.88 Å². The molecule has 90 valence electrons. The highest BCUT2D eigenvalue weighted by molar-refractivity contribution is 7.10. The molecule has 1 unspecified atom stereocenters. The van der Waals surface area contributed by atoms with Gasteiger partial charge in [0.2, 0.25) is 0 Å². The maximum absolute atomic E-state index is 6.02. The number of nitrogens with zero attached hydrogens (tertiary/aromatic N) is 1. The lowest BCUT2D eigenvalue weighted by atomic mass is 10.1. The Morgan fingerprint density at radius 2 is 2.35 bits per heavy atom. The molecule has 1 atom stereocenters. The van der Waals surface area contributed by atoms with Crippen molar-refractivity contribution in [1.82, 2.24) is 10.3 Å². The molecule has 2 rings (SSSR count). The van der Waals surface area contributed by atoms with E-state index in [4.69, 9.17) is 5.73 Å². The molecule has 2 heterocycles. The first-order valence-electron chi connectivity index (χ1n) is 5.79. The van der Waals surface area contributed by atoms with Crippen molar-refractivity contribution in [2.75, 3.05) is 12.3 Å². The van der Waals surface area contributed by atoms with Crippen LogP contribution in [0.15, 0.2) is 36.0 Å². The van der Waals surface area contributed by atoms with Gasteiger partial charge < -0.3 is 11.1 Å². The first-order chi connectivity index (χ1) is 8.33. The highest BCUT2D eigenvalue weighted by Crippen LogP contribution is 2.28. The molecule has 0 aliphatic heterocycles. The zero-order valence-corrected chi connectivity index (χ0v) is 10.7. The van der Waals surface area contributed by atoms with Crippen molar-refractivity contribution in [3.05, 3.63) is 46.4 Å². The van der Waals surface area contributed by atoms with E-state index in [0.29, 0.717) is 0 Å². The molecule has 0 amide bonds. The normalized spacial score (nSPS) is 12.5. The van der Waals surface area contributed by atoms with Gasteiger partial charge in [-0.1, -0.05) is 13.0 Å². The van der Waals surface area contributed by atoms with E-state index in [1.807, 2.05) is 12.3 Å². The van der Waals surface area contributed by atoms with Gasteiger partial charge >= 0.3 is 0 Å². The molecule has 0 saturated carbocycles. The van der Waals surface area contributed by atoms with E-state index < -0.39 is 0 Å². The van der Waals surface area contributed by atoms with Crippen LogP contribution >= 0.6 is 11.3 Å². The number of hydrogen-bond acceptors (Lipinski definition) is 4. The third-order valence-electron chi connectivity index (χ3n) is 2.62. The van der Waals surface area contributed by atoms with Crippen LogP contribution in [0.3, 0.4) is 0 Å². The van der Waals surface area contributed by atoms with Crippen LogP contribution < -0.4 is 11.1 Å². The van der Waals surface area contributed by atoms with E-state index in [0.717, 1.165) is 24.2 Å². The van der Waals surface area contributed by atoms with Crippen LogP contribution in [-0.2, 0) is 0 Å². The second kappa shape index (κ2) is 5.80. The molecule has 0 fully saturated rings. The predicted molar refractivity (Wildman–Crippen MR) is 73.1 cm³/mol. The number of nitrogens with two attached hydrogens (primary N) is 1. The molecule has 0 aromatic carbocycles. The van der Waals surface area contributed by atoms with E-state index in [2.05, 4.69) is 34.7 Å². The minimum Gasteiger partial charge on any atom is -0.398 e. The number of rotatable bonds is 5. The fourth-order valence-electron chi connectivity index (χ4n) is 1.77. The summed E-state index contributed by atoms with van der Waals surface area (Å²) in [6.07, 6.45) is 4.68. The molecule has 0 spiro atoms. The third-order valence-corrected chi connectivity index (χ3v) is 3.56. The number of nitrogens with one attached hydrogen (secondary N) is 1. The van der Waals surface area contributed by atoms with Crippen LogP contribution in [0.2, 0.25) is 0 Å². The van der Waals surface area contributed by atoms with Crippen molar-refractivity contribution in [1.29, 1.82) is 0 Å². The minimum absolute atomic E-state index is 0.156. The number of hydrogen-bond donors (Lipinski definition) is 2. The lowest BCUT2D eigenvalue weighted by molar-refractivity contribution is 0.605. The van der Waals surface area contributed by atoms with E-state index in [-0.39, 0.29) is 6.04 Å². The minimum atomic E-state index is 0.156. The smallest absolute Gasteiger partial charge is 0.0706 e. The van der Waals surface area contributed by atoms with Crippen molar-refractivity contribution in [3.63, 3.8) is 0 Å². The summed E-state index contributed by atoms with van der Waals surface area (Å²) in [7, 11) is 0. The van der Waals surface area contributed by atoms with Crippen LogP contribution in [0, 0.1) is 0 Å². The zero-order valence-electron chi connectivity index (χ0n) is 9.89. The Morgan fingerprint density at radius 1 is 1.47 bits per heavy atom. The predicted octanol–water partition coefficient (Wildman–Crippen LogP) is 2.81. The van der Waals surface area contributed by atoms with E-state index >= 15 is 0 Å². The van der Waals surface area contributed by atoms with Gasteiger partial charge in [-0.3, -0.25) is 4.98 Å². The molecule has 2 aromatic rings. The highest BCUT2D eigenvalue weighted by Gasteiger charge is 2.16. The van der Waals surface area contributed by atoms with Gasteiger partial charge in [0.15, 0.2) is 0 Å². The van der Waals surface area contributed by atoms with Gasteiger partial charge in [0, 0.05) is 28.5 Å². The molecule has 0 bridgehead atoms. The van der Waals surface area contributed by atoms with Crippen molar-refractivity contribution < 1.29 is 0 Å². The summed E-state index contributed by atoms with van der Waals surface area (Å²) in [6, 6.07) is 6.20. The van der Waals surface area contributed by atoms with Crippen LogP contribution in [0.25, 0.3) is 0 Å². The Morgan fingerprint density at radius 3 is 3.00 bits per heavy atom. The standard InChI is InChI=1S/C13H17N3S/c1-2-6-16-13(12-4-3-8-17-12)10-9-15-7-5-11(10)14/h3-5,7-9,13,16H,2,6H2,1H3,(H2,14,15). The number of anilines is 1. The summed E-state index contributed by atoms with van der Waals surface area (Å²) in [5.74, 6) is 0. The highest BCUT2D eigenvalue weighted by atomic mass is 32.1. The number of aromatic nitrogens is 1. The lowest BCUT2D eigenvalue weighted by Crippen LogP contribution is -2.23. The van der Waals surface area contributed by atoms with Crippen LogP contribution in [0.4, 0.5) is 5.69 Å². The Labute approximate surface area is 106 Å². The van der Waals surface area contributed by atoms with Gasteiger partial charge in [-0.15, -0.1) is 11.3 Å². The number of nitrogen functional groups attached to an aromatic ring is 1. The first kappa shape index (κ1) is 12.1. The second-order valence-electron chi connectivity index (χ2n) is 3.91. The average molecular weight is 247 g/mol. The SMILES string of the molecule is CCCNC(c1cccs1)c1cnccc1N. The topological polar surface area (TPSA) is 50.9 Å². The molecule has 17 heavy (non-hydrogen) atoms. The number of thiophene rings is 1. The lowest BCUT2D eigenvalue weighted by Gasteiger charge is -2.18. The first-order valence-corrected chi connectivity index (χ1v) is 6.67. The van der Waals surface area contributed by atoms with Crippen LogP contribution in [0.1, 0.15) is 29.8 Å². The Balaban J connectivity index is 2.30. The molecule has 3 N–H and O–H groups in total. The quantitative estimate of drug-likeness (QED) is 0.854.